The molecule has 0 aliphatic rings. The lowest BCUT2D eigenvalue weighted by atomic mass is 9.99. The summed E-state index contributed by atoms with van der Waals surface area (Å²) in [7, 11) is 3.73. The van der Waals surface area contributed by atoms with Crippen LogP contribution in [0.1, 0.15) is 16.7 Å². The average Bonchev–Trinajstić information content (AvgIpc) is 2.99. The van der Waals surface area contributed by atoms with Crippen LogP contribution in [0.4, 0.5) is 0 Å². The molecule has 0 N–H and O–H groups in total. The lowest BCUT2D eigenvalue weighted by Crippen LogP contribution is -1.99. The second kappa shape index (κ2) is 6.63. The van der Waals surface area contributed by atoms with Crippen LogP contribution in [0.3, 0.4) is 0 Å². The van der Waals surface area contributed by atoms with E-state index in [-0.39, 0.29) is 0 Å². The van der Waals surface area contributed by atoms with E-state index in [2.05, 4.69) is 33.9 Å². The predicted octanol–water partition coefficient (Wildman–Crippen LogP) is 3.45. The Balaban J connectivity index is 2.23. The maximum atomic E-state index is 7.00. The minimum Gasteiger partial charge on any atom is -0.332 e. The molecule has 0 amide bonds. The molecule has 0 aliphatic carbocycles. The molecule has 0 atom stereocenters. The molecule has 3 aromatic rings. The fraction of sp³-hybridized carbons (Fsp3) is 0.263. The number of aryl methyl sites for hydroxylation is 2. The Morgan fingerprint density at radius 1 is 1.33 bits per heavy atom. The third-order valence-corrected chi connectivity index (χ3v) is 4.14. The van der Waals surface area contributed by atoms with Gasteiger partial charge in [0, 0.05) is 37.7 Å². The zero-order valence-corrected chi connectivity index (χ0v) is 14.1. The Morgan fingerprint density at radius 2 is 2.17 bits per heavy atom. The highest BCUT2D eigenvalue weighted by Crippen LogP contribution is 2.26. The largest absolute Gasteiger partial charge is 0.332 e. The van der Waals surface area contributed by atoms with E-state index in [1.165, 1.54) is 11.1 Å². The van der Waals surface area contributed by atoms with Gasteiger partial charge < -0.3 is 9.41 Å². The fourth-order valence-electron chi connectivity index (χ4n) is 2.88. The summed E-state index contributed by atoms with van der Waals surface area (Å²) in [5.41, 5.74) is 6.18. The predicted molar refractivity (Wildman–Crippen MR) is 97.4 cm³/mol. The van der Waals surface area contributed by atoms with E-state index in [1.54, 1.807) is 13.4 Å². The summed E-state index contributed by atoms with van der Waals surface area (Å²) in [4.78, 5) is 16.7. The van der Waals surface area contributed by atoms with Crippen LogP contribution in [0, 0.1) is 13.5 Å². The molecule has 0 spiro atoms. The average molecular weight is 317 g/mol. The molecular weight excluding hydrogens is 298 g/mol. The van der Waals surface area contributed by atoms with Crippen molar-refractivity contribution in [3.63, 3.8) is 0 Å². The second-order valence-electron chi connectivity index (χ2n) is 5.80. The normalized spacial score (nSPS) is 11.2. The molecule has 0 saturated carbocycles. The monoisotopic (exact) mass is 317 g/mol. The van der Waals surface area contributed by atoms with Crippen molar-refractivity contribution < 1.29 is 0 Å². The number of aromatic nitrogens is 3. The number of fused-ring (bicyclic) bond motifs is 1. The number of hydrogen-bond acceptors (Lipinski definition) is 3. The lowest BCUT2D eigenvalue weighted by Gasteiger charge is -2.11. The van der Waals surface area contributed by atoms with Crippen LogP contribution in [0.5, 0.6) is 0 Å². The van der Waals surface area contributed by atoms with E-state index in [0.29, 0.717) is 6.54 Å². The number of pyridine rings is 1. The van der Waals surface area contributed by atoms with Crippen molar-refractivity contribution in [2.75, 3.05) is 13.6 Å². The van der Waals surface area contributed by atoms with Crippen molar-refractivity contribution in [2.45, 2.75) is 13.3 Å². The second-order valence-corrected chi connectivity index (χ2v) is 5.80. The summed E-state index contributed by atoms with van der Waals surface area (Å²) in [6.07, 6.45) is 6.21. The van der Waals surface area contributed by atoms with Crippen molar-refractivity contribution in [3.8, 4) is 11.4 Å². The Bertz CT molecular complexity index is 960. The quantitative estimate of drug-likeness (QED) is 0.546. The molecule has 0 saturated heterocycles. The zero-order valence-electron chi connectivity index (χ0n) is 14.1. The third-order valence-electron chi connectivity index (χ3n) is 4.14. The lowest BCUT2D eigenvalue weighted by molar-refractivity contribution is 0.917. The molecule has 0 unspecified atom stereocenters. The van der Waals surface area contributed by atoms with Gasteiger partial charge in [-0.2, -0.15) is 0 Å². The highest BCUT2D eigenvalue weighted by atomic mass is 15.0. The van der Waals surface area contributed by atoms with Gasteiger partial charge in [0.2, 0.25) is 6.54 Å². The molecule has 3 rings (SSSR count). The Labute approximate surface area is 141 Å². The molecular formula is C19H19N5. The molecule has 0 radical (unpaired) electrons. The third kappa shape index (κ3) is 2.91. The van der Waals surface area contributed by atoms with E-state index in [1.807, 2.05) is 30.1 Å². The van der Waals surface area contributed by atoms with Crippen molar-refractivity contribution in [3.05, 3.63) is 58.8 Å². The van der Waals surface area contributed by atoms with Crippen LogP contribution in [-0.2, 0) is 13.5 Å². The van der Waals surface area contributed by atoms with Gasteiger partial charge in [-0.15, -0.1) is 0 Å². The maximum absolute atomic E-state index is 7.00. The van der Waals surface area contributed by atoms with Crippen molar-refractivity contribution in [1.82, 2.24) is 14.5 Å². The minimum absolute atomic E-state index is 0.504. The van der Waals surface area contributed by atoms with Crippen molar-refractivity contribution >= 4 is 17.1 Å². The number of imidazole rings is 1. The SMILES string of the molecule is [C-]#[N+]CCc1cc2c(C=NC)cc(-c3cncn3C)nc2cc1C. The Hall–Kier alpha value is -3.00. The van der Waals surface area contributed by atoms with Gasteiger partial charge in [-0.3, -0.25) is 4.99 Å². The van der Waals surface area contributed by atoms with Gasteiger partial charge in [-0.05, 0) is 36.2 Å². The van der Waals surface area contributed by atoms with E-state index in [9.17, 15) is 0 Å². The Morgan fingerprint density at radius 3 is 2.83 bits per heavy atom. The summed E-state index contributed by atoms with van der Waals surface area (Å²) in [5.74, 6) is 0. The summed E-state index contributed by atoms with van der Waals surface area (Å²) < 4.78 is 1.96. The summed E-state index contributed by atoms with van der Waals surface area (Å²) >= 11 is 0. The van der Waals surface area contributed by atoms with Gasteiger partial charge in [0.1, 0.15) is 0 Å². The number of aliphatic imine (C=N–C) groups is 1. The fourth-order valence-corrected chi connectivity index (χ4v) is 2.88. The summed E-state index contributed by atoms with van der Waals surface area (Å²) in [5, 5.41) is 1.07. The first kappa shape index (κ1) is 15.9. The van der Waals surface area contributed by atoms with Crippen molar-refractivity contribution in [1.29, 1.82) is 0 Å². The molecule has 2 heterocycles. The highest BCUT2D eigenvalue weighted by molar-refractivity contribution is 6.00. The first-order valence-electron chi connectivity index (χ1n) is 7.80. The van der Waals surface area contributed by atoms with Crippen LogP contribution in [-0.4, -0.2) is 34.3 Å². The number of rotatable bonds is 4. The number of benzene rings is 1. The molecule has 5 heteroatoms. The van der Waals surface area contributed by atoms with Crippen LogP contribution in [0.25, 0.3) is 27.1 Å². The smallest absolute Gasteiger partial charge is 0.218 e. The van der Waals surface area contributed by atoms with E-state index in [0.717, 1.165) is 34.3 Å². The summed E-state index contributed by atoms with van der Waals surface area (Å²) in [6.45, 7) is 9.58. The minimum atomic E-state index is 0.504. The van der Waals surface area contributed by atoms with E-state index in [4.69, 9.17) is 11.6 Å². The topological polar surface area (TPSA) is 47.4 Å². The first-order chi connectivity index (χ1) is 11.6. The van der Waals surface area contributed by atoms with Gasteiger partial charge in [0.05, 0.1) is 29.4 Å². The molecule has 5 nitrogen and oxygen atoms in total. The highest BCUT2D eigenvalue weighted by Gasteiger charge is 2.11. The van der Waals surface area contributed by atoms with Crippen LogP contribution in [0.15, 0.2) is 35.7 Å². The first-order valence-corrected chi connectivity index (χ1v) is 7.80. The molecule has 0 fully saturated rings. The zero-order chi connectivity index (χ0) is 17.1. The molecule has 24 heavy (non-hydrogen) atoms. The molecule has 2 aromatic heterocycles. The Kier molecular flexibility index (Phi) is 4.39. The molecule has 0 bridgehead atoms. The van der Waals surface area contributed by atoms with Gasteiger partial charge in [-0.25, -0.2) is 16.5 Å². The van der Waals surface area contributed by atoms with Crippen LogP contribution < -0.4 is 0 Å². The number of hydrogen-bond donors (Lipinski definition) is 0. The van der Waals surface area contributed by atoms with Gasteiger partial charge in [0.15, 0.2) is 0 Å². The summed E-state index contributed by atoms with van der Waals surface area (Å²) in [6, 6.07) is 6.29. The van der Waals surface area contributed by atoms with Gasteiger partial charge >= 0.3 is 0 Å². The van der Waals surface area contributed by atoms with Crippen LogP contribution in [0.2, 0.25) is 0 Å². The number of nitrogens with zero attached hydrogens (tertiary/aromatic N) is 5. The standard InChI is InChI=1S/C19H19N5/c1-13-7-17-16(8-14(13)5-6-20-2)15(10-21-3)9-18(23-17)19-11-22-12-24(19)4/h7-12H,5-6H2,1,3-4H3. The molecule has 0 aliphatic heterocycles. The van der Waals surface area contributed by atoms with Crippen molar-refractivity contribution in [2.24, 2.45) is 12.0 Å². The maximum Gasteiger partial charge on any atom is 0.218 e. The van der Waals surface area contributed by atoms with Gasteiger partial charge in [-0.1, -0.05) is 0 Å². The molecule has 120 valence electrons. The van der Waals surface area contributed by atoms with E-state index >= 15 is 0 Å². The van der Waals surface area contributed by atoms with E-state index < -0.39 is 0 Å². The van der Waals surface area contributed by atoms with Gasteiger partial charge in [0.25, 0.3) is 0 Å². The molecule has 1 aromatic carbocycles. The van der Waals surface area contributed by atoms with Crippen LogP contribution >= 0.6 is 0 Å².